The van der Waals surface area contributed by atoms with Gasteiger partial charge in [-0.05, 0) is 79.4 Å². The molecule has 0 bridgehead atoms. The molecule has 3 aromatic carbocycles. The summed E-state index contributed by atoms with van der Waals surface area (Å²) in [6, 6.07) is 21.0. The van der Waals surface area contributed by atoms with Crippen molar-refractivity contribution >= 4 is 17.9 Å². The zero-order valence-corrected chi connectivity index (χ0v) is 26.8. The Kier molecular flexibility index (Phi) is 15.7. The molecule has 45 heavy (non-hydrogen) atoms. The van der Waals surface area contributed by atoms with E-state index >= 15 is 0 Å². The first-order valence-corrected chi connectivity index (χ1v) is 16.0. The van der Waals surface area contributed by atoms with Crippen molar-refractivity contribution in [2.45, 2.75) is 78.2 Å². The molecule has 0 spiro atoms. The normalized spacial score (nSPS) is 11.4. The number of esters is 3. The van der Waals surface area contributed by atoms with E-state index in [1.54, 1.807) is 12.1 Å². The molecule has 3 aromatic rings. The molecule has 0 saturated carbocycles. The molecule has 0 fully saturated rings. The van der Waals surface area contributed by atoms with Crippen LogP contribution in [0.25, 0.3) is 11.1 Å². The van der Waals surface area contributed by atoms with Gasteiger partial charge in [-0.25, -0.2) is 14.4 Å². The van der Waals surface area contributed by atoms with Gasteiger partial charge >= 0.3 is 17.9 Å². The number of unbranched alkanes of at least 4 members (excludes halogenated alkanes) is 6. The minimum absolute atomic E-state index is 0.0888. The summed E-state index contributed by atoms with van der Waals surface area (Å²) in [5, 5.41) is 0. The maximum Gasteiger partial charge on any atom is 0.347 e. The molecule has 0 aromatic heterocycles. The van der Waals surface area contributed by atoms with Crippen molar-refractivity contribution in [3.05, 3.63) is 83.9 Å². The van der Waals surface area contributed by atoms with Crippen LogP contribution in [0.1, 0.15) is 92.9 Å². The Bertz CT molecular complexity index is 1300. The third kappa shape index (κ3) is 12.8. The molecule has 242 valence electrons. The van der Waals surface area contributed by atoms with E-state index < -0.39 is 24.0 Å². The van der Waals surface area contributed by atoms with Gasteiger partial charge in [0, 0.05) is 6.61 Å². The third-order valence-electron chi connectivity index (χ3n) is 7.06. The van der Waals surface area contributed by atoms with Crippen LogP contribution < -0.4 is 9.47 Å². The standard InChI is InChI=1S/C37H46O8/c1-4-6-7-8-9-10-11-25-42-33-20-16-30(17-21-33)29-12-14-31(15-13-29)37(40)45-34-22-18-32(19-23-34)36(39)44-28(3)35(38)43-27-26-41-24-5-2/h12-23,28H,4-11,24-27H2,1-3H3. The Balaban J connectivity index is 1.42. The van der Waals surface area contributed by atoms with Crippen LogP contribution in [0.4, 0.5) is 0 Å². The molecule has 1 unspecified atom stereocenters. The Morgan fingerprint density at radius 3 is 1.78 bits per heavy atom. The van der Waals surface area contributed by atoms with Crippen LogP contribution in [0, 0.1) is 0 Å². The minimum atomic E-state index is -1.07. The van der Waals surface area contributed by atoms with Crippen LogP contribution in [0.15, 0.2) is 72.8 Å². The predicted octanol–water partition coefficient (Wildman–Crippen LogP) is 8.22. The summed E-state index contributed by atoms with van der Waals surface area (Å²) in [5.74, 6) is -0.745. The van der Waals surface area contributed by atoms with Crippen molar-refractivity contribution in [3.8, 4) is 22.6 Å². The van der Waals surface area contributed by atoms with Crippen molar-refractivity contribution in [2.24, 2.45) is 0 Å². The lowest BCUT2D eigenvalue weighted by molar-refractivity contribution is -0.154. The summed E-state index contributed by atoms with van der Waals surface area (Å²) in [6.07, 6.45) is 8.56. The molecular weight excluding hydrogens is 572 g/mol. The molecule has 0 heterocycles. The van der Waals surface area contributed by atoms with Gasteiger partial charge in [0.05, 0.1) is 24.3 Å². The van der Waals surface area contributed by atoms with Gasteiger partial charge in [-0.3, -0.25) is 0 Å². The minimum Gasteiger partial charge on any atom is -0.494 e. The number of rotatable bonds is 20. The first kappa shape index (κ1) is 35.3. The van der Waals surface area contributed by atoms with Crippen LogP contribution >= 0.6 is 0 Å². The lowest BCUT2D eigenvalue weighted by Gasteiger charge is -2.13. The van der Waals surface area contributed by atoms with Crippen molar-refractivity contribution < 1.29 is 38.1 Å². The topological polar surface area (TPSA) is 97.4 Å². The second kappa shape index (κ2) is 20.0. The largest absolute Gasteiger partial charge is 0.494 e. The van der Waals surface area contributed by atoms with Crippen molar-refractivity contribution in [1.82, 2.24) is 0 Å². The van der Waals surface area contributed by atoms with Gasteiger partial charge in [0.25, 0.3) is 0 Å². The van der Waals surface area contributed by atoms with Crippen LogP contribution in [-0.2, 0) is 19.0 Å². The zero-order chi connectivity index (χ0) is 32.3. The molecule has 0 aliphatic heterocycles. The van der Waals surface area contributed by atoms with E-state index in [1.807, 2.05) is 43.3 Å². The van der Waals surface area contributed by atoms with Gasteiger partial charge < -0.3 is 23.7 Å². The van der Waals surface area contributed by atoms with Crippen LogP contribution in [-0.4, -0.2) is 50.4 Å². The van der Waals surface area contributed by atoms with Crippen LogP contribution in [0.3, 0.4) is 0 Å². The second-order valence-corrected chi connectivity index (χ2v) is 10.8. The number of carbonyl (C=O) groups is 3. The third-order valence-corrected chi connectivity index (χ3v) is 7.06. The predicted molar refractivity (Wildman–Crippen MR) is 174 cm³/mol. The quantitative estimate of drug-likeness (QED) is 0.0710. The van der Waals surface area contributed by atoms with Gasteiger partial charge in [-0.1, -0.05) is 76.6 Å². The number of ether oxygens (including phenoxy) is 5. The van der Waals surface area contributed by atoms with Crippen LogP contribution in [0.2, 0.25) is 0 Å². The number of hydrogen-bond donors (Lipinski definition) is 0. The molecule has 1 atom stereocenters. The molecule has 0 amide bonds. The van der Waals surface area contributed by atoms with E-state index in [9.17, 15) is 14.4 Å². The highest BCUT2D eigenvalue weighted by molar-refractivity contribution is 5.93. The average molecular weight is 619 g/mol. The summed E-state index contributed by atoms with van der Waals surface area (Å²) >= 11 is 0. The Hall–Kier alpha value is -4.17. The molecule has 0 saturated heterocycles. The van der Waals surface area contributed by atoms with E-state index in [4.69, 9.17) is 23.7 Å². The SMILES string of the molecule is CCCCCCCCCOc1ccc(-c2ccc(C(=O)Oc3ccc(C(=O)OC(C)C(=O)OCCOCCC)cc3)cc2)cc1. The molecule has 0 aliphatic carbocycles. The number of hydrogen-bond acceptors (Lipinski definition) is 8. The van der Waals surface area contributed by atoms with Crippen molar-refractivity contribution in [2.75, 3.05) is 26.4 Å². The van der Waals surface area contributed by atoms with Gasteiger partial charge in [0.15, 0.2) is 6.10 Å². The summed E-state index contributed by atoms with van der Waals surface area (Å²) in [5.41, 5.74) is 2.59. The molecule has 8 heteroatoms. The summed E-state index contributed by atoms with van der Waals surface area (Å²) < 4.78 is 26.9. The Labute approximate surface area is 267 Å². The fourth-order valence-corrected chi connectivity index (χ4v) is 4.46. The van der Waals surface area contributed by atoms with Gasteiger partial charge in [0.1, 0.15) is 18.1 Å². The fourth-order valence-electron chi connectivity index (χ4n) is 4.46. The summed E-state index contributed by atoms with van der Waals surface area (Å²) in [4.78, 5) is 37.2. The molecule has 0 radical (unpaired) electrons. The van der Waals surface area contributed by atoms with E-state index in [1.165, 1.54) is 69.7 Å². The van der Waals surface area contributed by atoms with Gasteiger partial charge in [-0.2, -0.15) is 0 Å². The van der Waals surface area contributed by atoms with Gasteiger partial charge in [0.2, 0.25) is 0 Å². The lowest BCUT2D eigenvalue weighted by Crippen LogP contribution is -2.27. The second-order valence-electron chi connectivity index (χ2n) is 10.8. The highest BCUT2D eigenvalue weighted by atomic mass is 16.6. The average Bonchev–Trinajstić information content (AvgIpc) is 3.06. The first-order valence-electron chi connectivity index (χ1n) is 16.0. The molecule has 3 rings (SSSR count). The maximum absolute atomic E-state index is 12.7. The van der Waals surface area contributed by atoms with Gasteiger partial charge in [-0.15, -0.1) is 0 Å². The van der Waals surface area contributed by atoms with Crippen LogP contribution in [0.5, 0.6) is 11.5 Å². The van der Waals surface area contributed by atoms with E-state index in [-0.39, 0.29) is 24.5 Å². The zero-order valence-electron chi connectivity index (χ0n) is 26.8. The van der Waals surface area contributed by atoms with E-state index in [0.29, 0.717) is 12.2 Å². The highest BCUT2D eigenvalue weighted by Crippen LogP contribution is 2.24. The molecule has 8 nitrogen and oxygen atoms in total. The fraction of sp³-hybridized carbons (Fsp3) is 0.432. The van der Waals surface area contributed by atoms with Crippen molar-refractivity contribution in [1.29, 1.82) is 0 Å². The molecule has 0 N–H and O–H groups in total. The van der Waals surface area contributed by atoms with E-state index in [0.717, 1.165) is 36.3 Å². The molecule has 0 aliphatic rings. The molecular formula is C37H46O8. The smallest absolute Gasteiger partial charge is 0.347 e. The number of carbonyl (C=O) groups excluding carboxylic acids is 3. The Morgan fingerprint density at radius 1 is 0.578 bits per heavy atom. The Morgan fingerprint density at radius 2 is 1.13 bits per heavy atom. The first-order chi connectivity index (χ1) is 21.9. The van der Waals surface area contributed by atoms with E-state index in [2.05, 4.69) is 6.92 Å². The monoisotopic (exact) mass is 618 g/mol. The number of benzene rings is 3. The lowest BCUT2D eigenvalue weighted by atomic mass is 10.0. The maximum atomic E-state index is 12.7. The van der Waals surface area contributed by atoms with Crippen molar-refractivity contribution in [3.63, 3.8) is 0 Å². The summed E-state index contributed by atoms with van der Waals surface area (Å²) in [6.45, 7) is 7.34. The highest BCUT2D eigenvalue weighted by Gasteiger charge is 2.20. The summed E-state index contributed by atoms with van der Waals surface area (Å²) in [7, 11) is 0.